The van der Waals surface area contributed by atoms with E-state index in [2.05, 4.69) is 54.2 Å². The Kier molecular flexibility index (Phi) is 5.76. The van der Waals surface area contributed by atoms with E-state index in [0.29, 0.717) is 18.5 Å². The van der Waals surface area contributed by atoms with Gasteiger partial charge in [0.15, 0.2) is 0 Å². The smallest absolute Gasteiger partial charge is 0.239 e. The van der Waals surface area contributed by atoms with Gasteiger partial charge < -0.3 is 14.8 Å². The van der Waals surface area contributed by atoms with Gasteiger partial charge in [0.25, 0.3) is 0 Å². The maximum absolute atomic E-state index is 12.5. The minimum absolute atomic E-state index is 0.0844. The van der Waals surface area contributed by atoms with E-state index >= 15 is 0 Å². The highest BCUT2D eigenvalue weighted by Crippen LogP contribution is 2.15. The van der Waals surface area contributed by atoms with Crippen molar-refractivity contribution in [3.63, 3.8) is 0 Å². The Hall–Kier alpha value is -1.85. The summed E-state index contributed by atoms with van der Waals surface area (Å²) < 4.78 is 2.02. The third-order valence-corrected chi connectivity index (χ3v) is 5.28. The fourth-order valence-electron chi connectivity index (χ4n) is 3.65. The van der Waals surface area contributed by atoms with Crippen LogP contribution < -0.4 is 5.32 Å². The van der Waals surface area contributed by atoms with Gasteiger partial charge in [0.1, 0.15) is 6.54 Å². The first-order chi connectivity index (χ1) is 12.0. The molecule has 1 N–H and O–H groups in total. The number of hydrogen-bond acceptors (Lipinski definition) is 3. The van der Waals surface area contributed by atoms with E-state index in [4.69, 9.17) is 0 Å². The number of likely N-dealkylation sites (N-methyl/N-ethyl adjacent to an activating group) is 1. The molecule has 1 saturated heterocycles. The average molecular weight is 342 g/mol. The summed E-state index contributed by atoms with van der Waals surface area (Å²) in [7, 11) is 2.17. The molecule has 5 nitrogen and oxygen atoms in total. The molecule has 0 radical (unpaired) electrons. The first-order valence-electron chi connectivity index (χ1n) is 9.28. The number of carbonyl (C=O) groups is 1. The zero-order chi connectivity index (χ0) is 17.8. The number of nitrogens with one attached hydrogen (secondary N) is 1. The van der Waals surface area contributed by atoms with Gasteiger partial charge in [0.2, 0.25) is 5.91 Å². The minimum Gasteiger partial charge on any atom is -0.353 e. The number of hydrogen-bond donors (Lipinski definition) is 1. The summed E-state index contributed by atoms with van der Waals surface area (Å²) in [5.41, 5.74) is 1.11. The van der Waals surface area contributed by atoms with Crippen LogP contribution in [-0.4, -0.2) is 66.1 Å². The molecule has 1 atom stereocenters. The topological polar surface area (TPSA) is 40.5 Å². The number of aromatic nitrogens is 1. The zero-order valence-electron chi connectivity index (χ0n) is 15.6. The second-order valence-electron chi connectivity index (χ2n) is 7.46. The molecule has 3 rings (SSSR count). The van der Waals surface area contributed by atoms with Crippen molar-refractivity contribution in [2.24, 2.45) is 5.92 Å². The number of nitrogens with zero attached hydrogens (tertiary/aromatic N) is 3. The lowest BCUT2D eigenvalue weighted by Gasteiger charge is -2.39. The fourth-order valence-corrected chi connectivity index (χ4v) is 3.65. The van der Waals surface area contributed by atoms with Crippen molar-refractivity contribution in [3.05, 3.63) is 36.5 Å². The van der Waals surface area contributed by atoms with Crippen molar-refractivity contribution >= 4 is 16.8 Å². The summed E-state index contributed by atoms with van der Waals surface area (Å²) >= 11 is 0. The number of rotatable bonds is 6. The molecule has 5 heteroatoms. The molecule has 2 heterocycles. The molecule has 1 aromatic carbocycles. The van der Waals surface area contributed by atoms with Crippen LogP contribution in [0.25, 0.3) is 10.9 Å². The summed E-state index contributed by atoms with van der Waals surface area (Å²) in [6.07, 6.45) is 1.99. The molecule has 136 valence electrons. The molecule has 1 aliphatic rings. The van der Waals surface area contributed by atoms with Crippen molar-refractivity contribution in [1.82, 2.24) is 19.7 Å². The quantitative estimate of drug-likeness (QED) is 0.873. The highest BCUT2D eigenvalue weighted by atomic mass is 16.1. The van der Waals surface area contributed by atoms with Crippen LogP contribution in [0.2, 0.25) is 0 Å². The van der Waals surface area contributed by atoms with E-state index in [9.17, 15) is 4.79 Å². The summed E-state index contributed by atoms with van der Waals surface area (Å²) in [5.74, 6) is 0.609. The molecule has 0 saturated carbocycles. The van der Waals surface area contributed by atoms with Gasteiger partial charge in [0, 0.05) is 50.5 Å². The predicted octanol–water partition coefficient (Wildman–Crippen LogP) is 2.03. The van der Waals surface area contributed by atoms with E-state index in [1.54, 1.807) is 0 Å². The van der Waals surface area contributed by atoms with Crippen molar-refractivity contribution in [1.29, 1.82) is 0 Å². The molecular formula is C20H30N4O. The Bertz CT molecular complexity index is 701. The molecule has 1 fully saturated rings. The molecule has 25 heavy (non-hydrogen) atoms. The standard InChI is InChI=1S/C20H30N4O/c1-16(2)19(23-12-10-22(3)11-13-23)14-21-20(25)15-24-9-8-17-6-4-5-7-18(17)24/h4-9,16,19H,10-15H2,1-3H3,(H,21,25). The summed E-state index contributed by atoms with van der Waals surface area (Å²) in [6, 6.07) is 10.6. The number of fused-ring (bicyclic) bond motifs is 1. The van der Waals surface area contributed by atoms with Gasteiger partial charge in [-0.3, -0.25) is 9.69 Å². The number of benzene rings is 1. The van der Waals surface area contributed by atoms with Crippen LogP contribution >= 0.6 is 0 Å². The lowest BCUT2D eigenvalue weighted by Crippen LogP contribution is -2.54. The predicted molar refractivity (Wildman–Crippen MR) is 103 cm³/mol. The molecule has 0 spiro atoms. The highest BCUT2D eigenvalue weighted by Gasteiger charge is 2.25. The van der Waals surface area contributed by atoms with Crippen LogP contribution in [0.15, 0.2) is 36.5 Å². The highest BCUT2D eigenvalue weighted by molar-refractivity contribution is 5.83. The average Bonchev–Trinajstić information content (AvgIpc) is 2.99. The molecule has 1 unspecified atom stereocenters. The van der Waals surface area contributed by atoms with Crippen LogP contribution in [0.5, 0.6) is 0 Å². The van der Waals surface area contributed by atoms with E-state index in [0.717, 1.165) is 38.2 Å². The first kappa shape index (κ1) is 18.0. The normalized spacial score (nSPS) is 17.9. The van der Waals surface area contributed by atoms with E-state index in [1.165, 1.54) is 5.39 Å². The van der Waals surface area contributed by atoms with Gasteiger partial charge in [-0.15, -0.1) is 0 Å². The molecule has 1 aromatic heterocycles. The van der Waals surface area contributed by atoms with Crippen LogP contribution in [0.3, 0.4) is 0 Å². The third-order valence-electron chi connectivity index (χ3n) is 5.28. The minimum atomic E-state index is 0.0844. The van der Waals surface area contributed by atoms with Crippen molar-refractivity contribution in [3.8, 4) is 0 Å². The van der Waals surface area contributed by atoms with Crippen molar-refractivity contribution in [2.75, 3.05) is 39.8 Å². The zero-order valence-corrected chi connectivity index (χ0v) is 15.6. The van der Waals surface area contributed by atoms with Gasteiger partial charge >= 0.3 is 0 Å². The Labute approximate surface area is 150 Å². The van der Waals surface area contributed by atoms with Crippen LogP contribution in [0, 0.1) is 5.92 Å². The maximum atomic E-state index is 12.5. The molecule has 1 amide bonds. The molecule has 2 aromatic rings. The van der Waals surface area contributed by atoms with Crippen LogP contribution in [0.1, 0.15) is 13.8 Å². The van der Waals surface area contributed by atoms with Gasteiger partial charge in [0.05, 0.1) is 0 Å². The number of para-hydroxylation sites is 1. The molecular weight excluding hydrogens is 312 g/mol. The van der Waals surface area contributed by atoms with Gasteiger partial charge in [-0.05, 0) is 30.5 Å². The summed E-state index contributed by atoms with van der Waals surface area (Å²) in [4.78, 5) is 17.3. The second-order valence-corrected chi connectivity index (χ2v) is 7.46. The summed E-state index contributed by atoms with van der Waals surface area (Å²) in [5, 5.41) is 4.33. The van der Waals surface area contributed by atoms with Crippen LogP contribution in [-0.2, 0) is 11.3 Å². The number of piperazine rings is 1. The fraction of sp³-hybridized carbons (Fsp3) is 0.550. The SMILES string of the molecule is CC(C)C(CNC(=O)Cn1ccc2ccccc21)N1CCN(C)CC1. The van der Waals surface area contributed by atoms with E-state index < -0.39 is 0 Å². The molecule has 0 aliphatic carbocycles. The number of carbonyl (C=O) groups excluding carboxylic acids is 1. The first-order valence-corrected chi connectivity index (χ1v) is 9.28. The number of amides is 1. The van der Waals surface area contributed by atoms with Gasteiger partial charge in [-0.1, -0.05) is 32.0 Å². The monoisotopic (exact) mass is 342 g/mol. The Morgan fingerprint density at radius 2 is 1.84 bits per heavy atom. The third kappa shape index (κ3) is 4.41. The Morgan fingerprint density at radius 1 is 1.12 bits per heavy atom. The van der Waals surface area contributed by atoms with Gasteiger partial charge in [-0.2, -0.15) is 0 Å². The Balaban J connectivity index is 1.56. The summed E-state index contributed by atoms with van der Waals surface area (Å²) in [6.45, 7) is 9.96. The van der Waals surface area contributed by atoms with Crippen molar-refractivity contribution < 1.29 is 4.79 Å². The second kappa shape index (κ2) is 8.02. The largest absolute Gasteiger partial charge is 0.353 e. The van der Waals surface area contributed by atoms with E-state index in [1.807, 2.05) is 22.9 Å². The molecule has 0 bridgehead atoms. The van der Waals surface area contributed by atoms with E-state index in [-0.39, 0.29) is 5.91 Å². The van der Waals surface area contributed by atoms with Crippen LogP contribution in [0.4, 0.5) is 0 Å². The molecule has 1 aliphatic heterocycles. The maximum Gasteiger partial charge on any atom is 0.239 e. The lowest BCUT2D eigenvalue weighted by molar-refractivity contribution is -0.122. The lowest BCUT2D eigenvalue weighted by atomic mass is 10.0. The Morgan fingerprint density at radius 3 is 2.56 bits per heavy atom. The van der Waals surface area contributed by atoms with Crippen molar-refractivity contribution in [2.45, 2.75) is 26.4 Å². The van der Waals surface area contributed by atoms with Gasteiger partial charge in [-0.25, -0.2) is 0 Å².